The molecule has 1 aliphatic rings. The highest BCUT2D eigenvalue weighted by Gasteiger charge is 2.40. The predicted octanol–water partition coefficient (Wildman–Crippen LogP) is 1.10. The van der Waals surface area contributed by atoms with Gasteiger partial charge in [0.05, 0.1) is 5.92 Å². The minimum atomic E-state index is -0.593. The van der Waals surface area contributed by atoms with Crippen LogP contribution in [0.25, 0.3) is 0 Å². The summed E-state index contributed by atoms with van der Waals surface area (Å²) in [7, 11) is 0. The van der Waals surface area contributed by atoms with Crippen LogP contribution >= 0.6 is 0 Å². The first-order valence-electron chi connectivity index (χ1n) is 4.55. The van der Waals surface area contributed by atoms with Crippen LogP contribution in [-0.4, -0.2) is 23.3 Å². The fraction of sp³-hybridized carbons (Fsp3) is 0.889. The smallest absolute Gasteiger partial charge is 0.312 e. The van der Waals surface area contributed by atoms with Crippen molar-refractivity contribution in [2.45, 2.75) is 45.3 Å². The van der Waals surface area contributed by atoms with E-state index in [-0.39, 0.29) is 18.0 Å². The number of aliphatic hydroxyl groups is 1. The molecule has 1 fully saturated rings. The predicted molar refractivity (Wildman–Crippen MR) is 44.6 cm³/mol. The Bertz CT molecular complexity index is 167. The molecule has 0 aromatic heterocycles. The maximum atomic E-state index is 11.1. The fourth-order valence-corrected chi connectivity index (χ4v) is 1.52. The van der Waals surface area contributed by atoms with Crippen molar-refractivity contribution >= 4 is 5.97 Å². The minimum Gasteiger partial charge on any atom is -0.460 e. The zero-order valence-corrected chi connectivity index (χ0v) is 7.62. The minimum absolute atomic E-state index is 0.233. The third-order valence-electron chi connectivity index (χ3n) is 2.37. The number of rotatable bonds is 3. The normalized spacial score (nSPS) is 35.2. The van der Waals surface area contributed by atoms with E-state index in [0.29, 0.717) is 0 Å². The van der Waals surface area contributed by atoms with E-state index in [1.54, 1.807) is 6.92 Å². The number of hydrogen-bond acceptors (Lipinski definition) is 3. The molecule has 0 spiro atoms. The van der Waals surface area contributed by atoms with Gasteiger partial charge in [-0.3, -0.25) is 4.79 Å². The van der Waals surface area contributed by atoms with Gasteiger partial charge in [0.1, 0.15) is 12.2 Å². The first-order valence-corrected chi connectivity index (χ1v) is 4.55. The molecule has 0 aromatic carbocycles. The summed E-state index contributed by atoms with van der Waals surface area (Å²) in [4.78, 5) is 11.1. The zero-order valence-electron chi connectivity index (χ0n) is 7.62. The Kier molecular flexibility index (Phi) is 3.09. The molecule has 1 saturated heterocycles. The van der Waals surface area contributed by atoms with Gasteiger partial charge in [-0.1, -0.05) is 19.8 Å². The van der Waals surface area contributed by atoms with Gasteiger partial charge >= 0.3 is 5.97 Å². The van der Waals surface area contributed by atoms with Crippen molar-refractivity contribution in [3.63, 3.8) is 0 Å². The number of unbranched alkanes of at least 4 members (excludes halogenated alkanes) is 1. The van der Waals surface area contributed by atoms with Gasteiger partial charge in [0.25, 0.3) is 0 Å². The molecule has 70 valence electrons. The summed E-state index contributed by atoms with van der Waals surface area (Å²) in [5, 5.41) is 9.51. The SMILES string of the molecule is CCCCC1C(=O)O[C@@H](C)[C@H]1O. The molecule has 3 nitrogen and oxygen atoms in total. The summed E-state index contributed by atoms with van der Waals surface area (Å²) < 4.78 is 4.89. The van der Waals surface area contributed by atoms with Gasteiger partial charge in [-0.15, -0.1) is 0 Å². The van der Waals surface area contributed by atoms with Crippen LogP contribution in [0, 0.1) is 5.92 Å². The van der Waals surface area contributed by atoms with E-state index >= 15 is 0 Å². The van der Waals surface area contributed by atoms with Gasteiger partial charge in [-0.05, 0) is 13.3 Å². The van der Waals surface area contributed by atoms with Crippen LogP contribution in [0.2, 0.25) is 0 Å². The summed E-state index contributed by atoms with van der Waals surface area (Å²) in [5.74, 6) is -0.511. The van der Waals surface area contributed by atoms with Gasteiger partial charge < -0.3 is 9.84 Å². The van der Waals surface area contributed by atoms with Gasteiger partial charge in [0, 0.05) is 0 Å². The summed E-state index contributed by atoms with van der Waals surface area (Å²) in [5.41, 5.74) is 0. The quantitative estimate of drug-likeness (QED) is 0.648. The molecule has 0 saturated carbocycles. The molecule has 12 heavy (non-hydrogen) atoms. The van der Waals surface area contributed by atoms with Crippen LogP contribution in [0.15, 0.2) is 0 Å². The third-order valence-corrected chi connectivity index (χ3v) is 2.37. The van der Waals surface area contributed by atoms with Gasteiger partial charge in [0.15, 0.2) is 0 Å². The van der Waals surface area contributed by atoms with Crippen molar-refractivity contribution in [3.8, 4) is 0 Å². The highest BCUT2D eigenvalue weighted by molar-refractivity contribution is 5.75. The number of carbonyl (C=O) groups excluding carboxylic acids is 1. The maximum absolute atomic E-state index is 11.1. The highest BCUT2D eigenvalue weighted by atomic mass is 16.6. The van der Waals surface area contributed by atoms with Gasteiger partial charge in [0.2, 0.25) is 0 Å². The first-order chi connectivity index (χ1) is 5.66. The van der Waals surface area contributed by atoms with Crippen molar-refractivity contribution in [2.24, 2.45) is 5.92 Å². The largest absolute Gasteiger partial charge is 0.460 e. The molecule has 0 radical (unpaired) electrons. The second kappa shape index (κ2) is 3.90. The monoisotopic (exact) mass is 172 g/mol. The number of hydrogen-bond donors (Lipinski definition) is 1. The van der Waals surface area contributed by atoms with Crippen molar-refractivity contribution in [3.05, 3.63) is 0 Å². The van der Waals surface area contributed by atoms with E-state index in [2.05, 4.69) is 6.92 Å². The van der Waals surface area contributed by atoms with E-state index in [0.717, 1.165) is 19.3 Å². The Balaban J connectivity index is 2.46. The third kappa shape index (κ3) is 1.78. The number of cyclic esters (lactones) is 1. The van der Waals surface area contributed by atoms with Crippen LogP contribution < -0.4 is 0 Å². The second-order valence-electron chi connectivity index (χ2n) is 3.38. The summed E-state index contributed by atoms with van der Waals surface area (Å²) in [6.45, 7) is 3.80. The Morgan fingerprint density at radius 1 is 1.58 bits per heavy atom. The standard InChI is InChI=1S/C9H16O3/c1-3-4-5-7-8(10)6(2)12-9(7)11/h6-8,10H,3-5H2,1-2H3/t6-,7?,8+/m0/s1. The molecule has 1 rings (SSSR count). The first kappa shape index (κ1) is 9.52. The van der Waals surface area contributed by atoms with E-state index in [1.807, 2.05) is 0 Å². The Labute approximate surface area is 72.7 Å². The Morgan fingerprint density at radius 2 is 2.25 bits per heavy atom. The molecule has 3 heteroatoms. The molecule has 1 unspecified atom stereocenters. The number of aliphatic hydroxyl groups excluding tert-OH is 1. The number of carbonyl (C=O) groups is 1. The lowest BCUT2D eigenvalue weighted by Gasteiger charge is -2.10. The van der Waals surface area contributed by atoms with Gasteiger partial charge in [-0.25, -0.2) is 0 Å². The molecule has 0 bridgehead atoms. The van der Waals surface area contributed by atoms with Crippen molar-refractivity contribution in [1.82, 2.24) is 0 Å². The van der Waals surface area contributed by atoms with Crippen molar-refractivity contribution in [1.29, 1.82) is 0 Å². The summed E-state index contributed by atoms with van der Waals surface area (Å²) >= 11 is 0. The lowest BCUT2D eigenvalue weighted by molar-refractivity contribution is -0.143. The van der Waals surface area contributed by atoms with Crippen LogP contribution in [-0.2, 0) is 9.53 Å². The average molecular weight is 172 g/mol. The van der Waals surface area contributed by atoms with E-state index in [9.17, 15) is 9.90 Å². The molecule has 1 aliphatic heterocycles. The number of esters is 1. The maximum Gasteiger partial charge on any atom is 0.312 e. The fourth-order valence-electron chi connectivity index (χ4n) is 1.52. The molecule has 0 amide bonds. The van der Waals surface area contributed by atoms with Crippen molar-refractivity contribution < 1.29 is 14.6 Å². The average Bonchev–Trinajstić information content (AvgIpc) is 2.25. The van der Waals surface area contributed by atoms with Crippen LogP contribution in [0.1, 0.15) is 33.1 Å². The molecular formula is C9H16O3. The molecule has 3 atom stereocenters. The van der Waals surface area contributed by atoms with Gasteiger partial charge in [-0.2, -0.15) is 0 Å². The van der Waals surface area contributed by atoms with Crippen LogP contribution in [0.4, 0.5) is 0 Å². The zero-order chi connectivity index (χ0) is 9.14. The molecular weight excluding hydrogens is 156 g/mol. The molecule has 0 aliphatic carbocycles. The topological polar surface area (TPSA) is 46.5 Å². The van der Waals surface area contributed by atoms with E-state index in [4.69, 9.17) is 4.74 Å². The highest BCUT2D eigenvalue weighted by Crippen LogP contribution is 2.25. The second-order valence-corrected chi connectivity index (χ2v) is 3.38. The molecule has 1 N–H and O–H groups in total. The van der Waals surface area contributed by atoms with E-state index < -0.39 is 6.10 Å². The van der Waals surface area contributed by atoms with Crippen LogP contribution in [0.5, 0.6) is 0 Å². The van der Waals surface area contributed by atoms with Crippen molar-refractivity contribution in [2.75, 3.05) is 0 Å². The molecule has 0 aromatic rings. The van der Waals surface area contributed by atoms with E-state index in [1.165, 1.54) is 0 Å². The Morgan fingerprint density at radius 3 is 2.67 bits per heavy atom. The van der Waals surface area contributed by atoms with Crippen LogP contribution in [0.3, 0.4) is 0 Å². The molecule has 1 heterocycles. The Hall–Kier alpha value is -0.570. The summed E-state index contributed by atoms with van der Waals surface area (Å²) in [6, 6.07) is 0. The number of ether oxygens (including phenoxy) is 1. The summed E-state index contributed by atoms with van der Waals surface area (Å²) in [6.07, 6.45) is 1.86. The lowest BCUT2D eigenvalue weighted by Crippen LogP contribution is -2.24. The lowest BCUT2D eigenvalue weighted by atomic mass is 9.96.